The molecule has 3 heteroatoms. The van der Waals surface area contributed by atoms with Gasteiger partial charge in [-0.3, -0.25) is 0 Å². The molecule has 0 aromatic carbocycles. The number of hydrogen-bond acceptors (Lipinski definition) is 3. The van der Waals surface area contributed by atoms with Crippen LogP contribution in [-0.4, -0.2) is 38.6 Å². The lowest BCUT2D eigenvalue weighted by Crippen LogP contribution is -2.19. The predicted molar refractivity (Wildman–Crippen MR) is 41.1 cm³/mol. The van der Waals surface area contributed by atoms with Gasteiger partial charge in [-0.1, -0.05) is 13.8 Å². The van der Waals surface area contributed by atoms with E-state index in [0.29, 0.717) is 13.2 Å². The van der Waals surface area contributed by atoms with Crippen LogP contribution in [0.4, 0.5) is 0 Å². The number of methoxy groups -OCH3 is 2. The molecule has 0 atom stereocenters. The van der Waals surface area contributed by atoms with E-state index in [1.54, 1.807) is 14.2 Å². The fraction of sp³-hybridized carbons (Fsp3) is 1.00. The number of hydrogen-bond donors (Lipinski definition) is 1. The Kier molecular flexibility index (Phi) is 14.6. The molecule has 0 aliphatic heterocycles. The monoisotopic (exact) mass is 150 g/mol. The normalized spacial score (nSPS) is 9.00. The molecule has 0 aromatic heterocycles. The van der Waals surface area contributed by atoms with Crippen molar-refractivity contribution in [2.75, 3.05) is 27.4 Å². The second-order valence-corrected chi connectivity index (χ2v) is 1.56. The van der Waals surface area contributed by atoms with E-state index in [1.807, 2.05) is 13.8 Å². The Bertz CT molecular complexity index is 42.1. The summed E-state index contributed by atoms with van der Waals surface area (Å²) in [6.45, 7) is 4.68. The Hall–Kier alpha value is -0.120. The van der Waals surface area contributed by atoms with Gasteiger partial charge in [0.25, 0.3) is 0 Å². The van der Waals surface area contributed by atoms with Crippen LogP contribution in [0.3, 0.4) is 0 Å². The molecule has 0 bridgehead atoms. The molecule has 64 valence electrons. The minimum Gasteiger partial charge on any atom is -0.388 e. The van der Waals surface area contributed by atoms with Crippen LogP contribution in [-0.2, 0) is 9.47 Å². The molecule has 0 radical (unpaired) electrons. The van der Waals surface area contributed by atoms with Crippen LogP contribution in [0.5, 0.6) is 0 Å². The quantitative estimate of drug-likeness (QED) is 0.640. The minimum absolute atomic E-state index is 0.341. The average Bonchev–Trinajstić information content (AvgIpc) is 1.93. The Labute approximate surface area is 63.0 Å². The molecule has 0 saturated heterocycles. The molecule has 0 aromatic rings. The second-order valence-electron chi connectivity index (χ2n) is 1.56. The summed E-state index contributed by atoms with van der Waals surface area (Å²) in [5.74, 6) is 0. The van der Waals surface area contributed by atoms with Gasteiger partial charge in [-0.05, 0) is 0 Å². The smallest absolute Gasteiger partial charge is 0.101 e. The van der Waals surface area contributed by atoms with Gasteiger partial charge in [0, 0.05) is 14.2 Å². The molecule has 0 aliphatic rings. The molecule has 0 rings (SSSR count). The van der Waals surface area contributed by atoms with Crippen LogP contribution in [0.1, 0.15) is 13.8 Å². The van der Waals surface area contributed by atoms with E-state index in [-0.39, 0.29) is 0 Å². The van der Waals surface area contributed by atoms with Crippen LogP contribution in [0, 0.1) is 0 Å². The summed E-state index contributed by atoms with van der Waals surface area (Å²) >= 11 is 0. The fourth-order valence-electron chi connectivity index (χ4n) is 0.433. The maximum atomic E-state index is 8.80. The second kappa shape index (κ2) is 11.6. The SMILES string of the molecule is CC.COCC(O)COC. The molecule has 10 heavy (non-hydrogen) atoms. The van der Waals surface area contributed by atoms with Crippen molar-refractivity contribution in [2.24, 2.45) is 0 Å². The Morgan fingerprint density at radius 2 is 1.40 bits per heavy atom. The van der Waals surface area contributed by atoms with Gasteiger partial charge in [-0.25, -0.2) is 0 Å². The van der Waals surface area contributed by atoms with Crippen LogP contribution in [0.25, 0.3) is 0 Å². The van der Waals surface area contributed by atoms with Crippen molar-refractivity contribution in [2.45, 2.75) is 20.0 Å². The highest BCUT2D eigenvalue weighted by Crippen LogP contribution is 1.82. The van der Waals surface area contributed by atoms with Gasteiger partial charge in [0.15, 0.2) is 0 Å². The molecular formula is C7H18O3. The third-order valence-electron chi connectivity index (χ3n) is 0.718. The standard InChI is InChI=1S/C5H12O3.C2H6/c1-7-3-5(6)4-8-2;1-2/h5-6H,3-4H2,1-2H3;1-2H3. The van der Waals surface area contributed by atoms with Crippen LogP contribution >= 0.6 is 0 Å². The molecule has 0 spiro atoms. The largest absolute Gasteiger partial charge is 0.388 e. The Morgan fingerprint density at radius 1 is 1.10 bits per heavy atom. The average molecular weight is 150 g/mol. The third kappa shape index (κ3) is 10.8. The van der Waals surface area contributed by atoms with Crippen molar-refractivity contribution in [1.29, 1.82) is 0 Å². The first kappa shape index (κ1) is 12.5. The van der Waals surface area contributed by atoms with Gasteiger partial charge in [-0.2, -0.15) is 0 Å². The summed E-state index contributed by atoms with van der Waals surface area (Å²) in [5.41, 5.74) is 0. The Balaban J connectivity index is 0. The lowest BCUT2D eigenvalue weighted by Gasteiger charge is -2.05. The third-order valence-corrected chi connectivity index (χ3v) is 0.718. The van der Waals surface area contributed by atoms with E-state index in [9.17, 15) is 0 Å². The highest BCUT2D eigenvalue weighted by atomic mass is 16.5. The molecule has 0 aliphatic carbocycles. The summed E-state index contributed by atoms with van der Waals surface area (Å²) in [4.78, 5) is 0. The van der Waals surface area contributed by atoms with Gasteiger partial charge in [0.2, 0.25) is 0 Å². The number of ether oxygens (including phenoxy) is 2. The molecule has 1 N–H and O–H groups in total. The molecule has 0 saturated carbocycles. The van der Waals surface area contributed by atoms with Gasteiger partial charge in [0.05, 0.1) is 13.2 Å². The first-order valence-corrected chi connectivity index (χ1v) is 3.47. The van der Waals surface area contributed by atoms with Crippen molar-refractivity contribution in [3.63, 3.8) is 0 Å². The van der Waals surface area contributed by atoms with Crippen molar-refractivity contribution in [3.8, 4) is 0 Å². The topological polar surface area (TPSA) is 38.7 Å². The van der Waals surface area contributed by atoms with Crippen LogP contribution in [0.15, 0.2) is 0 Å². The summed E-state index contributed by atoms with van der Waals surface area (Å²) < 4.78 is 9.25. The summed E-state index contributed by atoms with van der Waals surface area (Å²) in [5, 5.41) is 8.80. The predicted octanol–water partition coefficient (Wildman–Crippen LogP) is 0.666. The highest BCUT2D eigenvalue weighted by Gasteiger charge is 1.99. The number of aliphatic hydroxyl groups is 1. The van der Waals surface area contributed by atoms with E-state index in [1.165, 1.54) is 0 Å². The molecule has 3 nitrogen and oxygen atoms in total. The van der Waals surface area contributed by atoms with Crippen molar-refractivity contribution in [1.82, 2.24) is 0 Å². The number of rotatable bonds is 4. The van der Waals surface area contributed by atoms with Crippen LogP contribution < -0.4 is 0 Å². The Morgan fingerprint density at radius 3 is 1.60 bits per heavy atom. The molecule has 0 amide bonds. The van der Waals surface area contributed by atoms with Gasteiger partial charge in [0.1, 0.15) is 6.10 Å². The van der Waals surface area contributed by atoms with E-state index in [2.05, 4.69) is 9.47 Å². The van der Waals surface area contributed by atoms with Crippen molar-refractivity contribution in [3.05, 3.63) is 0 Å². The zero-order valence-corrected chi connectivity index (χ0v) is 7.26. The first-order valence-electron chi connectivity index (χ1n) is 3.47. The van der Waals surface area contributed by atoms with Gasteiger partial charge >= 0.3 is 0 Å². The summed E-state index contributed by atoms with van der Waals surface area (Å²) in [7, 11) is 3.08. The van der Waals surface area contributed by atoms with Crippen molar-refractivity contribution >= 4 is 0 Å². The van der Waals surface area contributed by atoms with Crippen LogP contribution in [0.2, 0.25) is 0 Å². The first-order chi connectivity index (χ1) is 4.81. The molecule has 0 heterocycles. The fourth-order valence-corrected chi connectivity index (χ4v) is 0.433. The summed E-state index contributed by atoms with van der Waals surface area (Å²) in [6, 6.07) is 0. The highest BCUT2D eigenvalue weighted by molar-refractivity contribution is 4.47. The van der Waals surface area contributed by atoms with Gasteiger partial charge < -0.3 is 14.6 Å². The minimum atomic E-state index is -0.481. The summed E-state index contributed by atoms with van der Waals surface area (Å²) in [6.07, 6.45) is -0.481. The molecular weight excluding hydrogens is 132 g/mol. The van der Waals surface area contributed by atoms with Gasteiger partial charge in [-0.15, -0.1) is 0 Å². The zero-order valence-electron chi connectivity index (χ0n) is 7.26. The van der Waals surface area contributed by atoms with E-state index < -0.39 is 6.10 Å². The van der Waals surface area contributed by atoms with E-state index >= 15 is 0 Å². The lowest BCUT2D eigenvalue weighted by atomic mass is 10.4. The van der Waals surface area contributed by atoms with E-state index in [4.69, 9.17) is 5.11 Å². The maximum absolute atomic E-state index is 8.80. The maximum Gasteiger partial charge on any atom is 0.101 e. The molecule has 0 unspecified atom stereocenters. The molecule has 0 fully saturated rings. The van der Waals surface area contributed by atoms with E-state index in [0.717, 1.165) is 0 Å². The van der Waals surface area contributed by atoms with Crippen molar-refractivity contribution < 1.29 is 14.6 Å². The lowest BCUT2D eigenvalue weighted by molar-refractivity contribution is 0.00980. The number of aliphatic hydroxyl groups excluding tert-OH is 1. The zero-order chi connectivity index (χ0) is 8.41.